The molecular weight excluding hydrogens is 278 g/mol. The van der Waals surface area contributed by atoms with Crippen molar-refractivity contribution in [2.24, 2.45) is 0 Å². The normalized spacial score (nSPS) is 23.1. The van der Waals surface area contributed by atoms with Crippen molar-refractivity contribution in [3.05, 3.63) is 29.8 Å². The zero-order valence-corrected chi connectivity index (χ0v) is 11.8. The molecule has 1 N–H and O–H groups in total. The number of halogens is 2. The van der Waals surface area contributed by atoms with Gasteiger partial charge in [-0.25, -0.2) is 0 Å². The van der Waals surface area contributed by atoms with Crippen molar-refractivity contribution in [1.29, 1.82) is 0 Å². The summed E-state index contributed by atoms with van der Waals surface area (Å²) >= 11 is 0. The Morgan fingerprint density at radius 1 is 1.43 bits per heavy atom. The molecule has 1 aliphatic heterocycles. The van der Waals surface area contributed by atoms with E-state index in [1.165, 1.54) is 6.07 Å². The molecule has 2 aliphatic rings. The molecule has 0 radical (unpaired) electrons. The molecule has 1 spiro atoms. The third kappa shape index (κ3) is 2.48. The summed E-state index contributed by atoms with van der Waals surface area (Å²) in [7, 11) is 0. The van der Waals surface area contributed by atoms with E-state index < -0.39 is 18.3 Å². The van der Waals surface area contributed by atoms with Gasteiger partial charge >= 0.3 is 6.61 Å². The standard InChI is InChI=1S/C15H18F2N2O2/c1-2-9-19-12(18-15(7-8-15)13(19)20)10-5-3-4-6-11(10)21-14(16)17/h3-6,12,14,18H,2,7-9H2,1H3. The second-order valence-corrected chi connectivity index (χ2v) is 5.54. The minimum Gasteiger partial charge on any atom is -0.434 e. The summed E-state index contributed by atoms with van der Waals surface area (Å²) in [5.41, 5.74) is 0.112. The topological polar surface area (TPSA) is 41.6 Å². The van der Waals surface area contributed by atoms with Gasteiger partial charge in [0.05, 0.1) is 0 Å². The maximum absolute atomic E-state index is 12.6. The summed E-state index contributed by atoms with van der Waals surface area (Å²) < 4.78 is 29.7. The molecule has 21 heavy (non-hydrogen) atoms. The van der Waals surface area contributed by atoms with Crippen molar-refractivity contribution in [3.63, 3.8) is 0 Å². The zero-order chi connectivity index (χ0) is 15.0. The lowest BCUT2D eigenvalue weighted by Crippen LogP contribution is -2.32. The van der Waals surface area contributed by atoms with Gasteiger partial charge in [-0.05, 0) is 25.3 Å². The molecule has 1 unspecified atom stereocenters. The van der Waals surface area contributed by atoms with Crippen LogP contribution in [-0.4, -0.2) is 29.5 Å². The second-order valence-electron chi connectivity index (χ2n) is 5.54. The molecule has 3 rings (SSSR count). The number of carbonyl (C=O) groups excluding carboxylic acids is 1. The maximum Gasteiger partial charge on any atom is 0.387 e. The molecule has 0 bridgehead atoms. The van der Waals surface area contributed by atoms with Gasteiger partial charge in [0.2, 0.25) is 5.91 Å². The highest BCUT2D eigenvalue weighted by Gasteiger charge is 2.59. The molecule has 1 heterocycles. The second kappa shape index (κ2) is 5.26. The number of hydrogen-bond donors (Lipinski definition) is 1. The first-order valence-corrected chi connectivity index (χ1v) is 7.20. The summed E-state index contributed by atoms with van der Waals surface area (Å²) in [6, 6.07) is 6.65. The lowest BCUT2D eigenvalue weighted by atomic mass is 10.1. The van der Waals surface area contributed by atoms with Gasteiger partial charge in [-0.3, -0.25) is 10.1 Å². The lowest BCUT2D eigenvalue weighted by Gasteiger charge is -2.25. The van der Waals surface area contributed by atoms with Gasteiger partial charge in [0.15, 0.2) is 0 Å². The molecule has 2 fully saturated rings. The van der Waals surface area contributed by atoms with Crippen LogP contribution in [-0.2, 0) is 4.79 Å². The van der Waals surface area contributed by atoms with Gasteiger partial charge in [-0.2, -0.15) is 8.78 Å². The first kappa shape index (κ1) is 14.3. The van der Waals surface area contributed by atoms with Crippen LogP contribution >= 0.6 is 0 Å². The Morgan fingerprint density at radius 2 is 2.14 bits per heavy atom. The van der Waals surface area contributed by atoms with Crippen LogP contribution < -0.4 is 10.1 Å². The van der Waals surface area contributed by atoms with E-state index in [9.17, 15) is 13.6 Å². The average Bonchev–Trinajstić information content (AvgIpc) is 3.18. The monoisotopic (exact) mass is 296 g/mol. The first-order chi connectivity index (χ1) is 10.1. The van der Waals surface area contributed by atoms with Crippen LogP contribution in [0.3, 0.4) is 0 Å². The van der Waals surface area contributed by atoms with Crippen LogP contribution in [0.15, 0.2) is 24.3 Å². The van der Waals surface area contributed by atoms with E-state index >= 15 is 0 Å². The third-order valence-electron chi connectivity index (χ3n) is 4.04. The fourth-order valence-electron chi connectivity index (χ4n) is 2.90. The van der Waals surface area contributed by atoms with E-state index in [1.54, 1.807) is 23.1 Å². The minimum atomic E-state index is -2.88. The molecular formula is C15H18F2N2O2. The van der Waals surface area contributed by atoms with Crippen molar-refractivity contribution in [2.75, 3.05) is 6.54 Å². The summed E-state index contributed by atoms with van der Waals surface area (Å²) in [4.78, 5) is 14.2. The Morgan fingerprint density at radius 3 is 2.76 bits per heavy atom. The highest BCUT2D eigenvalue weighted by Crippen LogP contribution is 2.47. The molecule has 1 aromatic carbocycles. The van der Waals surface area contributed by atoms with Gasteiger partial charge in [-0.1, -0.05) is 25.1 Å². The van der Waals surface area contributed by atoms with Crippen LogP contribution in [0.5, 0.6) is 5.75 Å². The van der Waals surface area contributed by atoms with E-state index in [1.807, 2.05) is 6.92 Å². The Labute approximate surface area is 122 Å². The highest BCUT2D eigenvalue weighted by molar-refractivity contribution is 5.92. The number of para-hydroxylation sites is 1. The number of ether oxygens (including phenoxy) is 1. The quantitative estimate of drug-likeness (QED) is 0.908. The van der Waals surface area contributed by atoms with Gasteiger partial charge in [0.25, 0.3) is 0 Å². The molecule has 1 saturated heterocycles. The smallest absolute Gasteiger partial charge is 0.387 e. The van der Waals surface area contributed by atoms with Crippen LogP contribution in [0.2, 0.25) is 0 Å². The molecule has 4 nitrogen and oxygen atoms in total. The van der Waals surface area contributed by atoms with Crippen molar-refractivity contribution in [2.45, 2.75) is 44.5 Å². The Hall–Kier alpha value is -1.69. The number of nitrogens with zero attached hydrogens (tertiary/aromatic N) is 1. The maximum atomic E-state index is 12.6. The van der Waals surface area contributed by atoms with Crippen molar-refractivity contribution >= 4 is 5.91 Å². The largest absolute Gasteiger partial charge is 0.434 e. The summed E-state index contributed by atoms with van der Waals surface area (Å²) in [5, 5.41) is 3.31. The van der Waals surface area contributed by atoms with E-state index in [2.05, 4.69) is 10.1 Å². The number of benzene rings is 1. The predicted molar refractivity (Wildman–Crippen MR) is 72.9 cm³/mol. The van der Waals surface area contributed by atoms with Crippen molar-refractivity contribution in [3.8, 4) is 5.75 Å². The van der Waals surface area contributed by atoms with Crippen molar-refractivity contribution in [1.82, 2.24) is 10.2 Å². The fourth-order valence-corrected chi connectivity index (χ4v) is 2.90. The van der Waals surface area contributed by atoms with E-state index in [0.29, 0.717) is 12.1 Å². The number of carbonyl (C=O) groups is 1. The minimum absolute atomic E-state index is 0.0706. The summed E-state index contributed by atoms with van der Waals surface area (Å²) in [5.74, 6) is 0.192. The lowest BCUT2D eigenvalue weighted by molar-refractivity contribution is -0.130. The molecule has 1 atom stereocenters. The van der Waals surface area contributed by atoms with Crippen LogP contribution in [0.4, 0.5) is 8.78 Å². The first-order valence-electron chi connectivity index (χ1n) is 7.20. The van der Waals surface area contributed by atoms with E-state index in [4.69, 9.17) is 0 Å². The Bertz CT molecular complexity index is 546. The number of hydrogen-bond acceptors (Lipinski definition) is 3. The molecule has 0 aromatic heterocycles. The number of nitrogens with one attached hydrogen (secondary N) is 1. The van der Waals surface area contributed by atoms with Gasteiger partial charge in [0, 0.05) is 12.1 Å². The number of amides is 1. The van der Waals surface area contributed by atoms with E-state index in [0.717, 1.165) is 19.3 Å². The van der Waals surface area contributed by atoms with Gasteiger partial charge in [0.1, 0.15) is 17.5 Å². The summed E-state index contributed by atoms with van der Waals surface area (Å²) in [6.45, 7) is -0.289. The highest BCUT2D eigenvalue weighted by atomic mass is 19.3. The molecule has 6 heteroatoms. The van der Waals surface area contributed by atoms with Crippen molar-refractivity contribution < 1.29 is 18.3 Å². The van der Waals surface area contributed by atoms with Crippen LogP contribution in [0, 0.1) is 0 Å². The molecule has 1 amide bonds. The average molecular weight is 296 g/mol. The number of alkyl halides is 2. The fraction of sp³-hybridized carbons (Fsp3) is 0.533. The molecule has 114 valence electrons. The molecule has 1 aliphatic carbocycles. The van der Waals surface area contributed by atoms with Crippen LogP contribution in [0.25, 0.3) is 0 Å². The van der Waals surface area contributed by atoms with E-state index in [-0.39, 0.29) is 11.7 Å². The van der Waals surface area contributed by atoms with Gasteiger partial charge in [-0.15, -0.1) is 0 Å². The summed E-state index contributed by atoms with van der Waals surface area (Å²) in [6.07, 6.45) is 2.04. The predicted octanol–water partition coefficient (Wildman–Crippen LogP) is 2.66. The third-order valence-corrected chi connectivity index (χ3v) is 4.04. The zero-order valence-electron chi connectivity index (χ0n) is 11.8. The number of rotatable bonds is 5. The van der Waals surface area contributed by atoms with Crippen LogP contribution in [0.1, 0.15) is 37.9 Å². The Balaban J connectivity index is 1.93. The Kier molecular flexibility index (Phi) is 3.57. The van der Waals surface area contributed by atoms with Gasteiger partial charge < -0.3 is 9.64 Å². The molecule has 1 saturated carbocycles. The SMILES string of the molecule is CCCN1C(=O)C2(CC2)NC1c1ccccc1OC(F)F. The molecule has 1 aromatic rings.